The molecule has 1 atom stereocenters. The van der Waals surface area contributed by atoms with E-state index in [1.165, 1.54) is 13.1 Å². The van der Waals surface area contributed by atoms with Crippen molar-refractivity contribution < 1.29 is 22.0 Å². The Bertz CT molecular complexity index is 738. The molecule has 0 radical (unpaired) electrons. The van der Waals surface area contributed by atoms with Gasteiger partial charge in [0.15, 0.2) is 0 Å². The molecule has 0 saturated carbocycles. The first-order chi connectivity index (χ1) is 9.62. The van der Waals surface area contributed by atoms with E-state index in [1.807, 2.05) is 0 Å². The highest BCUT2D eigenvalue weighted by Gasteiger charge is 2.42. The van der Waals surface area contributed by atoms with Crippen LogP contribution in [-0.4, -0.2) is 36.0 Å². The summed E-state index contributed by atoms with van der Waals surface area (Å²) in [6.45, 7) is 0.962. The van der Waals surface area contributed by atoms with Crippen LogP contribution in [0.15, 0.2) is 10.7 Å². The molecule has 2 rings (SSSR count). The van der Waals surface area contributed by atoms with Crippen molar-refractivity contribution in [2.75, 3.05) is 11.4 Å². The highest BCUT2D eigenvalue weighted by atomic mass is 79.9. The van der Waals surface area contributed by atoms with E-state index in [0.29, 0.717) is 4.47 Å². The largest absolute Gasteiger partial charge is 0.316 e. The Morgan fingerprint density at radius 1 is 1.57 bits per heavy atom. The van der Waals surface area contributed by atoms with E-state index in [0.717, 1.165) is 4.90 Å². The summed E-state index contributed by atoms with van der Waals surface area (Å²) in [7, 11) is -4.90. The number of nitrogens with zero attached hydrogens (tertiary/aromatic N) is 3. The van der Waals surface area contributed by atoms with Crippen molar-refractivity contribution in [3.63, 3.8) is 0 Å². The summed E-state index contributed by atoms with van der Waals surface area (Å²) >= 11 is 3.09. The number of aromatic nitrogens is 1. The molecule has 0 aliphatic carbocycles. The van der Waals surface area contributed by atoms with Crippen molar-refractivity contribution in [2.24, 2.45) is 0 Å². The second kappa shape index (κ2) is 5.30. The highest BCUT2D eigenvalue weighted by Crippen LogP contribution is 2.36. The van der Waals surface area contributed by atoms with Crippen LogP contribution in [0.5, 0.6) is 0 Å². The average Bonchev–Trinajstić information content (AvgIpc) is 2.74. The molecule has 0 N–H and O–H groups in total. The van der Waals surface area contributed by atoms with Gasteiger partial charge >= 0.3 is 15.9 Å². The van der Waals surface area contributed by atoms with Gasteiger partial charge in [0.1, 0.15) is 5.25 Å². The summed E-state index contributed by atoms with van der Waals surface area (Å²) in [5.74, 6) is -1.00. The van der Waals surface area contributed by atoms with Crippen molar-refractivity contribution in [3.05, 3.63) is 26.3 Å². The summed E-state index contributed by atoms with van der Waals surface area (Å²) < 4.78 is 35.1. The highest BCUT2D eigenvalue weighted by molar-refractivity contribution is 9.10. The molecular weight excluding hydrogens is 373 g/mol. The SMILES string of the molecule is Cc1c(Br)cnc(N2CC(S(=O)(=O)F)CC2=O)c1[N+](=O)[O-]. The zero-order valence-electron chi connectivity index (χ0n) is 10.6. The molecule has 21 heavy (non-hydrogen) atoms. The van der Waals surface area contributed by atoms with Gasteiger partial charge in [0.25, 0.3) is 0 Å². The van der Waals surface area contributed by atoms with Gasteiger partial charge in [-0.3, -0.25) is 19.8 Å². The lowest BCUT2D eigenvalue weighted by Gasteiger charge is -2.16. The van der Waals surface area contributed by atoms with Crippen LogP contribution in [0, 0.1) is 17.0 Å². The van der Waals surface area contributed by atoms with Crippen molar-refractivity contribution in [1.82, 2.24) is 4.98 Å². The number of carbonyl (C=O) groups excluding carboxylic acids is 1. The number of anilines is 1. The molecule has 8 nitrogen and oxygen atoms in total. The number of nitro groups is 1. The van der Waals surface area contributed by atoms with Gasteiger partial charge in [0, 0.05) is 29.2 Å². The standard InChI is InChI=1S/C10H9BrFN3O5S/c1-5-7(11)3-13-10(9(5)15(17)18)14-4-6(2-8(14)16)21(12,19)20/h3,6H,2,4H2,1H3. The Morgan fingerprint density at radius 2 is 2.19 bits per heavy atom. The molecule has 1 saturated heterocycles. The van der Waals surface area contributed by atoms with Gasteiger partial charge in [-0.2, -0.15) is 8.42 Å². The Kier molecular flexibility index (Phi) is 3.97. The lowest BCUT2D eigenvalue weighted by molar-refractivity contribution is -0.384. The summed E-state index contributed by atoms with van der Waals surface area (Å²) in [5.41, 5.74) is -0.181. The van der Waals surface area contributed by atoms with Gasteiger partial charge in [-0.1, -0.05) is 0 Å². The number of carbonyl (C=O) groups is 1. The monoisotopic (exact) mass is 381 g/mol. The lowest BCUT2D eigenvalue weighted by Crippen LogP contribution is -2.28. The number of halogens is 2. The van der Waals surface area contributed by atoms with Crippen LogP contribution in [0.25, 0.3) is 0 Å². The third-order valence-corrected chi connectivity index (χ3v) is 5.06. The van der Waals surface area contributed by atoms with Crippen LogP contribution >= 0.6 is 15.9 Å². The van der Waals surface area contributed by atoms with E-state index in [9.17, 15) is 27.2 Å². The molecule has 1 unspecified atom stereocenters. The summed E-state index contributed by atoms with van der Waals surface area (Å²) in [4.78, 5) is 26.9. The first-order valence-corrected chi connectivity index (χ1v) is 7.90. The predicted molar refractivity (Wildman–Crippen MR) is 74.1 cm³/mol. The van der Waals surface area contributed by atoms with Crippen LogP contribution in [-0.2, 0) is 15.0 Å². The quantitative estimate of drug-likeness (QED) is 0.445. The topological polar surface area (TPSA) is 110 Å². The van der Waals surface area contributed by atoms with Crippen LogP contribution in [0.1, 0.15) is 12.0 Å². The molecule has 1 aromatic heterocycles. The molecule has 1 fully saturated rings. The molecule has 2 heterocycles. The molecule has 0 aromatic carbocycles. The van der Waals surface area contributed by atoms with Crippen molar-refractivity contribution in [3.8, 4) is 0 Å². The Labute approximate surface area is 127 Å². The third kappa shape index (κ3) is 2.88. The fraction of sp³-hybridized carbons (Fsp3) is 0.400. The van der Waals surface area contributed by atoms with Crippen molar-refractivity contribution in [1.29, 1.82) is 0 Å². The second-order valence-electron chi connectivity index (χ2n) is 4.47. The summed E-state index contributed by atoms with van der Waals surface area (Å²) in [5, 5.41) is 9.62. The molecule has 1 amide bonds. The molecule has 1 aliphatic rings. The fourth-order valence-corrected chi connectivity index (χ4v) is 3.00. The zero-order valence-corrected chi connectivity index (χ0v) is 13.0. The Hall–Kier alpha value is -1.62. The minimum Gasteiger partial charge on any atom is -0.290 e. The third-order valence-electron chi connectivity index (χ3n) is 3.15. The predicted octanol–water partition coefficient (Wildman–Crippen LogP) is 1.47. The first-order valence-electron chi connectivity index (χ1n) is 5.66. The average molecular weight is 382 g/mol. The molecule has 0 spiro atoms. The van der Waals surface area contributed by atoms with Gasteiger partial charge in [0.05, 0.1) is 4.92 Å². The van der Waals surface area contributed by atoms with Crippen LogP contribution in [0.4, 0.5) is 15.4 Å². The van der Waals surface area contributed by atoms with Gasteiger partial charge in [-0.25, -0.2) is 4.98 Å². The molecule has 0 bridgehead atoms. The fourth-order valence-electron chi connectivity index (χ4n) is 2.04. The number of hydrogen-bond acceptors (Lipinski definition) is 6. The minimum absolute atomic E-state index is 0.240. The van der Waals surface area contributed by atoms with Crippen LogP contribution < -0.4 is 4.90 Å². The number of rotatable bonds is 3. The van der Waals surface area contributed by atoms with E-state index >= 15 is 0 Å². The van der Waals surface area contributed by atoms with E-state index in [1.54, 1.807) is 0 Å². The van der Waals surface area contributed by atoms with Gasteiger partial charge < -0.3 is 0 Å². The summed E-state index contributed by atoms with van der Waals surface area (Å²) in [6.07, 6.45) is 0.703. The molecule has 11 heteroatoms. The second-order valence-corrected chi connectivity index (χ2v) is 6.94. The van der Waals surface area contributed by atoms with E-state index < -0.39 is 45.0 Å². The van der Waals surface area contributed by atoms with E-state index in [4.69, 9.17) is 0 Å². The number of pyridine rings is 1. The van der Waals surface area contributed by atoms with E-state index in [2.05, 4.69) is 20.9 Å². The van der Waals surface area contributed by atoms with Crippen LogP contribution in [0.2, 0.25) is 0 Å². The lowest BCUT2D eigenvalue weighted by atomic mass is 10.2. The van der Waals surface area contributed by atoms with Crippen molar-refractivity contribution in [2.45, 2.75) is 18.6 Å². The Morgan fingerprint density at radius 3 is 2.67 bits per heavy atom. The first kappa shape index (κ1) is 15.8. The van der Waals surface area contributed by atoms with Gasteiger partial charge in [-0.15, -0.1) is 3.89 Å². The molecule has 1 aliphatic heterocycles. The van der Waals surface area contributed by atoms with Crippen molar-refractivity contribution >= 4 is 43.6 Å². The molecule has 114 valence electrons. The maximum atomic E-state index is 13.0. The summed E-state index contributed by atoms with van der Waals surface area (Å²) in [6, 6.07) is 0. The number of amides is 1. The smallest absolute Gasteiger partial charge is 0.290 e. The van der Waals surface area contributed by atoms with Gasteiger partial charge in [0.2, 0.25) is 11.7 Å². The van der Waals surface area contributed by atoms with Crippen LogP contribution in [0.3, 0.4) is 0 Å². The molecular formula is C10H9BrFN3O5S. The van der Waals surface area contributed by atoms with E-state index in [-0.39, 0.29) is 11.4 Å². The maximum Gasteiger partial charge on any atom is 0.316 e. The minimum atomic E-state index is -4.90. The zero-order chi connectivity index (χ0) is 15.9. The Balaban J connectivity index is 2.51. The molecule has 1 aromatic rings. The normalized spacial score (nSPS) is 19.1. The van der Waals surface area contributed by atoms with Gasteiger partial charge in [-0.05, 0) is 22.9 Å². The number of hydrogen-bond donors (Lipinski definition) is 0. The maximum absolute atomic E-state index is 13.0.